The molecule has 2 aromatic carbocycles. The van der Waals surface area contributed by atoms with Crippen LogP contribution in [0.25, 0.3) is 10.4 Å². The van der Waals surface area contributed by atoms with Crippen LogP contribution in [0, 0.1) is 0 Å². The van der Waals surface area contributed by atoms with E-state index >= 15 is 0 Å². The summed E-state index contributed by atoms with van der Waals surface area (Å²) in [4.78, 5) is 7.62. The van der Waals surface area contributed by atoms with Gasteiger partial charge in [-0.2, -0.15) is 0 Å². The van der Waals surface area contributed by atoms with Crippen molar-refractivity contribution in [3.05, 3.63) is 75.1 Å². The lowest BCUT2D eigenvalue weighted by Crippen LogP contribution is -2.27. The van der Waals surface area contributed by atoms with Crippen molar-refractivity contribution in [3.8, 4) is 0 Å². The minimum absolute atomic E-state index is 0.604. The van der Waals surface area contributed by atoms with E-state index in [9.17, 15) is 0 Å². The van der Waals surface area contributed by atoms with Gasteiger partial charge in [-0.15, -0.1) is 0 Å². The molecular formula is C15H11ClN4. The third-order valence-electron chi connectivity index (χ3n) is 3.47. The topological polar surface area (TPSA) is 61.1 Å². The highest BCUT2D eigenvalue weighted by Crippen LogP contribution is 2.44. The Morgan fingerprint density at radius 3 is 2.65 bits per heavy atom. The Labute approximate surface area is 121 Å². The van der Waals surface area contributed by atoms with E-state index < -0.39 is 5.54 Å². The van der Waals surface area contributed by atoms with Crippen molar-refractivity contribution in [2.75, 3.05) is 0 Å². The summed E-state index contributed by atoms with van der Waals surface area (Å²) in [5.41, 5.74) is 11.4. The van der Waals surface area contributed by atoms with E-state index in [-0.39, 0.29) is 0 Å². The van der Waals surface area contributed by atoms with Gasteiger partial charge in [0.15, 0.2) is 0 Å². The second kappa shape index (κ2) is 4.67. The van der Waals surface area contributed by atoms with Gasteiger partial charge in [-0.3, -0.25) is 4.99 Å². The fraction of sp³-hybridized carbons (Fsp3) is 0.133. The molecule has 0 amide bonds. The minimum atomic E-state index is -0.837. The van der Waals surface area contributed by atoms with Gasteiger partial charge in [0.05, 0.1) is 11.4 Å². The van der Waals surface area contributed by atoms with Crippen LogP contribution in [0.1, 0.15) is 18.1 Å². The maximum absolute atomic E-state index is 8.92. The largest absolute Gasteiger partial charge is 0.251 e. The Morgan fingerprint density at radius 2 is 1.95 bits per heavy atom. The van der Waals surface area contributed by atoms with E-state index in [2.05, 4.69) is 15.0 Å². The Balaban J connectivity index is 2.24. The SMILES string of the molecule is CC1(N=[N+]=[N-])C(c2ccccc2)=Nc2ccc(Cl)cc21. The van der Waals surface area contributed by atoms with Crippen LogP contribution in [0.15, 0.2) is 58.6 Å². The molecule has 0 bridgehead atoms. The summed E-state index contributed by atoms with van der Waals surface area (Å²) in [6.45, 7) is 1.86. The van der Waals surface area contributed by atoms with E-state index in [1.807, 2.05) is 49.4 Å². The van der Waals surface area contributed by atoms with Gasteiger partial charge in [0.25, 0.3) is 0 Å². The zero-order valence-corrected chi connectivity index (χ0v) is 11.5. The maximum atomic E-state index is 8.92. The number of halogens is 1. The van der Waals surface area contributed by atoms with E-state index in [1.54, 1.807) is 6.07 Å². The number of nitrogens with zero attached hydrogens (tertiary/aromatic N) is 4. The molecule has 2 aromatic rings. The zero-order chi connectivity index (χ0) is 14.2. The van der Waals surface area contributed by atoms with Gasteiger partial charge in [-0.25, -0.2) is 0 Å². The molecule has 1 heterocycles. The molecule has 1 aliphatic heterocycles. The Bertz CT molecular complexity index is 748. The number of benzene rings is 2. The second-order valence-corrected chi connectivity index (χ2v) is 5.19. The molecule has 0 saturated carbocycles. The summed E-state index contributed by atoms with van der Waals surface area (Å²) in [6, 6.07) is 15.2. The van der Waals surface area contributed by atoms with Crippen molar-refractivity contribution < 1.29 is 0 Å². The lowest BCUT2D eigenvalue weighted by atomic mass is 9.86. The molecule has 0 aromatic heterocycles. The second-order valence-electron chi connectivity index (χ2n) is 4.75. The molecule has 0 fully saturated rings. The fourth-order valence-corrected chi connectivity index (χ4v) is 2.66. The molecule has 3 rings (SSSR count). The molecule has 1 atom stereocenters. The molecular weight excluding hydrogens is 272 g/mol. The predicted molar refractivity (Wildman–Crippen MR) is 80.6 cm³/mol. The van der Waals surface area contributed by atoms with Crippen molar-refractivity contribution >= 4 is 23.0 Å². The van der Waals surface area contributed by atoms with Crippen LogP contribution in [0.4, 0.5) is 5.69 Å². The van der Waals surface area contributed by atoms with Gasteiger partial charge in [-0.05, 0) is 41.8 Å². The lowest BCUT2D eigenvalue weighted by molar-refractivity contribution is 0.687. The first-order valence-electron chi connectivity index (χ1n) is 6.16. The number of azide groups is 1. The average Bonchev–Trinajstić information content (AvgIpc) is 2.74. The van der Waals surface area contributed by atoms with Gasteiger partial charge < -0.3 is 0 Å². The van der Waals surface area contributed by atoms with Crippen LogP contribution < -0.4 is 0 Å². The van der Waals surface area contributed by atoms with Crippen LogP contribution >= 0.6 is 11.6 Å². The first-order chi connectivity index (χ1) is 9.65. The van der Waals surface area contributed by atoms with Crippen LogP contribution in [0.3, 0.4) is 0 Å². The molecule has 0 saturated heterocycles. The van der Waals surface area contributed by atoms with Gasteiger partial charge >= 0.3 is 0 Å². The fourth-order valence-electron chi connectivity index (χ4n) is 2.48. The van der Waals surface area contributed by atoms with Gasteiger partial charge in [0.2, 0.25) is 0 Å². The van der Waals surface area contributed by atoms with Crippen molar-refractivity contribution in [2.45, 2.75) is 12.5 Å². The Hall–Kier alpha value is -2.29. The first kappa shape index (κ1) is 12.7. The smallest absolute Gasteiger partial charge is 0.116 e. The molecule has 0 aliphatic carbocycles. The average molecular weight is 283 g/mol. The highest BCUT2D eigenvalue weighted by Gasteiger charge is 2.39. The maximum Gasteiger partial charge on any atom is 0.116 e. The number of rotatable bonds is 2. The van der Waals surface area contributed by atoms with Crippen molar-refractivity contribution in [1.29, 1.82) is 0 Å². The molecule has 1 aliphatic rings. The quantitative estimate of drug-likeness (QED) is 0.423. The number of hydrogen-bond donors (Lipinski definition) is 0. The lowest BCUT2D eigenvalue weighted by Gasteiger charge is -2.21. The Kier molecular flexibility index (Phi) is 2.97. The normalized spacial score (nSPS) is 20.0. The molecule has 1 unspecified atom stereocenters. The molecule has 98 valence electrons. The van der Waals surface area contributed by atoms with E-state index in [4.69, 9.17) is 17.1 Å². The van der Waals surface area contributed by atoms with Crippen LogP contribution in [-0.4, -0.2) is 5.71 Å². The van der Waals surface area contributed by atoms with Crippen LogP contribution in [0.2, 0.25) is 5.02 Å². The molecule has 4 nitrogen and oxygen atoms in total. The summed E-state index contributed by atoms with van der Waals surface area (Å²) < 4.78 is 0. The summed E-state index contributed by atoms with van der Waals surface area (Å²) in [5, 5.41) is 4.59. The Morgan fingerprint density at radius 1 is 1.20 bits per heavy atom. The highest BCUT2D eigenvalue weighted by atomic mass is 35.5. The molecule has 0 radical (unpaired) electrons. The summed E-state index contributed by atoms with van der Waals surface area (Å²) in [5.74, 6) is 0. The van der Waals surface area contributed by atoms with Crippen molar-refractivity contribution in [2.24, 2.45) is 10.1 Å². The zero-order valence-electron chi connectivity index (χ0n) is 10.8. The predicted octanol–water partition coefficient (Wildman–Crippen LogP) is 5.00. The van der Waals surface area contributed by atoms with Gasteiger partial charge in [0, 0.05) is 9.93 Å². The van der Waals surface area contributed by atoms with E-state index in [0.717, 1.165) is 22.5 Å². The van der Waals surface area contributed by atoms with E-state index in [1.165, 1.54) is 0 Å². The summed E-state index contributed by atoms with van der Waals surface area (Å²) in [6.07, 6.45) is 0. The summed E-state index contributed by atoms with van der Waals surface area (Å²) in [7, 11) is 0. The van der Waals surface area contributed by atoms with Crippen molar-refractivity contribution in [1.82, 2.24) is 0 Å². The first-order valence-corrected chi connectivity index (χ1v) is 6.54. The molecule has 0 spiro atoms. The monoisotopic (exact) mass is 282 g/mol. The molecule has 5 heteroatoms. The van der Waals surface area contributed by atoms with Gasteiger partial charge in [0.1, 0.15) is 5.54 Å². The summed E-state index contributed by atoms with van der Waals surface area (Å²) >= 11 is 6.06. The number of fused-ring (bicyclic) bond motifs is 1. The van der Waals surface area contributed by atoms with Gasteiger partial charge in [-0.1, -0.05) is 47.0 Å². The third-order valence-corrected chi connectivity index (χ3v) is 3.70. The number of hydrogen-bond acceptors (Lipinski definition) is 2. The van der Waals surface area contributed by atoms with Crippen LogP contribution in [-0.2, 0) is 5.54 Å². The minimum Gasteiger partial charge on any atom is -0.251 e. The molecule has 20 heavy (non-hydrogen) atoms. The van der Waals surface area contributed by atoms with E-state index in [0.29, 0.717) is 5.02 Å². The number of aliphatic imine (C=N–C) groups is 1. The van der Waals surface area contributed by atoms with Crippen molar-refractivity contribution in [3.63, 3.8) is 0 Å². The standard InChI is InChI=1S/C15H11ClN4/c1-15(19-20-17)12-9-11(16)7-8-13(12)18-14(15)10-5-3-2-4-6-10/h2-9H,1H3. The van der Waals surface area contributed by atoms with Crippen LogP contribution in [0.5, 0.6) is 0 Å². The molecule has 0 N–H and O–H groups in total. The third kappa shape index (κ3) is 1.86. The highest BCUT2D eigenvalue weighted by molar-refractivity contribution is 6.31.